The number of rotatable bonds is 2. The number of hydrogen-bond donors (Lipinski definition) is 1. The number of hydrogen-bond acceptors (Lipinski definition) is 2. The maximum Gasteiger partial charge on any atom is 0.419 e. The molecule has 0 saturated heterocycles. The summed E-state index contributed by atoms with van der Waals surface area (Å²) in [6.45, 7) is 0. The molecule has 1 aromatic heterocycles. The standard InChI is InChI=1S/C12H6F4N2O/c13-7-1-2-8-6(11(7)12(14,15)16)5-9(18-8)10(19)3-4-17/h1-2,5,18H,3H2. The van der Waals surface area contributed by atoms with Gasteiger partial charge < -0.3 is 4.98 Å². The lowest BCUT2D eigenvalue weighted by Gasteiger charge is -2.08. The first-order valence-corrected chi connectivity index (χ1v) is 5.13. The number of aromatic amines is 1. The second-order valence-electron chi connectivity index (χ2n) is 3.82. The number of nitrogens with zero attached hydrogens (tertiary/aromatic N) is 1. The molecule has 0 radical (unpaired) electrons. The van der Waals surface area contributed by atoms with Gasteiger partial charge in [0.15, 0.2) is 5.78 Å². The van der Waals surface area contributed by atoms with Crippen LogP contribution >= 0.6 is 0 Å². The van der Waals surface area contributed by atoms with E-state index < -0.39 is 35.1 Å². The first kappa shape index (κ1) is 13.1. The van der Waals surface area contributed by atoms with Crippen molar-refractivity contribution < 1.29 is 22.4 Å². The monoisotopic (exact) mass is 270 g/mol. The van der Waals surface area contributed by atoms with Crippen molar-refractivity contribution in [1.82, 2.24) is 4.98 Å². The van der Waals surface area contributed by atoms with Gasteiger partial charge >= 0.3 is 6.18 Å². The van der Waals surface area contributed by atoms with Crippen LogP contribution in [-0.4, -0.2) is 10.8 Å². The number of nitrogens with one attached hydrogen (secondary N) is 1. The van der Waals surface area contributed by atoms with Crippen LogP contribution in [0.25, 0.3) is 10.9 Å². The summed E-state index contributed by atoms with van der Waals surface area (Å²) in [5.41, 5.74) is -1.57. The Labute approximate surface area is 104 Å². The van der Waals surface area contributed by atoms with E-state index in [1.54, 1.807) is 6.07 Å². The van der Waals surface area contributed by atoms with Crippen molar-refractivity contribution in [2.24, 2.45) is 0 Å². The Morgan fingerprint density at radius 1 is 1.37 bits per heavy atom. The summed E-state index contributed by atoms with van der Waals surface area (Å²) in [6, 6.07) is 4.31. The van der Waals surface area contributed by atoms with Gasteiger partial charge in [-0.3, -0.25) is 4.79 Å². The van der Waals surface area contributed by atoms with E-state index in [2.05, 4.69) is 4.98 Å². The Morgan fingerprint density at radius 3 is 2.63 bits per heavy atom. The molecule has 1 heterocycles. The second-order valence-corrected chi connectivity index (χ2v) is 3.82. The maximum atomic E-state index is 13.3. The number of aromatic nitrogens is 1. The lowest BCUT2D eigenvalue weighted by molar-refractivity contribution is -0.138. The molecule has 98 valence electrons. The van der Waals surface area contributed by atoms with E-state index in [-0.39, 0.29) is 11.2 Å². The van der Waals surface area contributed by atoms with E-state index in [9.17, 15) is 22.4 Å². The number of ketones is 1. The van der Waals surface area contributed by atoms with Crippen molar-refractivity contribution in [1.29, 1.82) is 5.26 Å². The van der Waals surface area contributed by atoms with E-state index >= 15 is 0 Å². The number of carbonyl (C=O) groups is 1. The number of benzene rings is 1. The molecule has 0 spiro atoms. The van der Waals surface area contributed by atoms with Gasteiger partial charge in [0.2, 0.25) is 0 Å². The van der Waals surface area contributed by atoms with Gasteiger partial charge in [-0.05, 0) is 18.2 Å². The average Bonchev–Trinajstić information content (AvgIpc) is 2.70. The van der Waals surface area contributed by atoms with E-state index in [1.807, 2.05) is 0 Å². The van der Waals surface area contributed by atoms with Gasteiger partial charge in [0.25, 0.3) is 0 Å². The fourth-order valence-electron chi connectivity index (χ4n) is 1.78. The Morgan fingerprint density at radius 2 is 2.05 bits per heavy atom. The highest BCUT2D eigenvalue weighted by Crippen LogP contribution is 2.37. The zero-order valence-corrected chi connectivity index (χ0v) is 9.31. The quantitative estimate of drug-likeness (QED) is 0.671. The number of alkyl halides is 3. The average molecular weight is 270 g/mol. The molecule has 7 heteroatoms. The first-order chi connectivity index (χ1) is 8.84. The van der Waals surface area contributed by atoms with Gasteiger partial charge in [-0.15, -0.1) is 0 Å². The van der Waals surface area contributed by atoms with Gasteiger partial charge in [0.05, 0.1) is 11.8 Å². The predicted molar refractivity (Wildman–Crippen MR) is 57.8 cm³/mol. The molecule has 2 rings (SSSR count). The third kappa shape index (κ3) is 2.29. The van der Waals surface area contributed by atoms with E-state index in [0.29, 0.717) is 6.07 Å². The molecule has 1 aromatic carbocycles. The highest BCUT2D eigenvalue weighted by Gasteiger charge is 2.36. The number of H-pyrrole nitrogens is 1. The van der Waals surface area contributed by atoms with Crippen LogP contribution in [0.2, 0.25) is 0 Å². The molecule has 0 fully saturated rings. The smallest absolute Gasteiger partial charge is 0.352 e. The molecule has 0 bridgehead atoms. The summed E-state index contributed by atoms with van der Waals surface area (Å²) in [7, 11) is 0. The van der Waals surface area contributed by atoms with Crippen LogP contribution in [0.4, 0.5) is 17.6 Å². The number of carbonyl (C=O) groups excluding carboxylic acids is 1. The predicted octanol–water partition coefficient (Wildman–Crippen LogP) is 3.42. The van der Waals surface area contributed by atoms with Crippen molar-refractivity contribution in [3.05, 3.63) is 35.3 Å². The van der Waals surface area contributed by atoms with Crippen molar-refractivity contribution in [3.8, 4) is 6.07 Å². The highest BCUT2D eigenvalue weighted by atomic mass is 19.4. The van der Waals surface area contributed by atoms with Crippen LogP contribution in [0.5, 0.6) is 0 Å². The van der Waals surface area contributed by atoms with Gasteiger partial charge in [-0.2, -0.15) is 18.4 Å². The fraction of sp³-hybridized carbons (Fsp3) is 0.167. The largest absolute Gasteiger partial charge is 0.419 e. The Hall–Kier alpha value is -2.36. The first-order valence-electron chi connectivity index (χ1n) is 5.13. The molecule has 1 N–H and O–H groups in total. The Balaban J connectivity index is 2.67. The summed E-state index contributed by atoms with van der Waals surface area (Å²) in [6.07, 6.45) is -5.32. The third-order valence-corrected chi connectivity index (χ3v) is 2.58. The van der Waals surface area contributed by atoms with E-state index in [0.717, 1.165) is 12.1 Å². The Bertz CT molecular complexity index is 694. The summed E-state index contributed by atoms with van der Waals surface area (Å²) in [4.78, 5) is 13.9. The number of halogens is 4. The highest BCUT2D eigenvalue weighted by molar-refractivity contribution is 6.01. The number of Topliss-reactive ketones (excluding diaryl/α,β-unsaturated/α-hetero) is 1. The molecule has 0 saturated carbocycles. The van der Waals surface area contributed by atoms with Gasteiger partial charge in [0.1, 0.15) is 17.8 Å². The molecule has 0 atom stereocenters. The molecule has 2 aromatic rings. The maximum absolute atomic E-state index is 13.3. The molecular formula is C12H6F4N2O. The third-order valence-electron chi connectivity index (χ3n) is 2.58. The molecule has 0 amide bonds. The van der Waals surface area contributed by atoms with Gasteiger partial charge in [-0.1, -0.05) is 0 Å². The molecule has 0 aliphatic heterocycles. The zero-order chi connectivity index (χ0) is 14.2. The Kier molecular flexibility index (Phi) is 3.02. The SMILES string of the molecule is N#CCC(=O)c1cc2c(C(F)(F)F)c(F)ccc2[nH]1. The van der Waals surface area contributed by atoms with Crippen molar-refractivity contribution >= 4 is 16.7 Å². The van der Waals surface area contributed by atoms with E-state index in [4.69, 9.17) is 5.26 Å². The van der Waals surface area contributed by atoms with Crippen molar-refractivity contribution in [3.63, 3.8) is 0 Å². The van der Waals surface area contributed by atoms with Crippen molar-refractivity contribution in [2.75, 3.05) is 0 Å². The molecule has 19 heavy (non-hydrogen) atoms. The minimum Gasteiger partial charge on any atom is -0.352 e. The second kappa shape index (κ2) is 4.39. The van der Waals surface area contributed by atoms with Gasteiger partial charge in [-0.25, -0.2) is 4.39 Å². The molecule has 3 nitrogen and oxygen atoms in total. The van der Waals surface area contributed by atoms with Crippen LogP contribution < -0.4 is 0 Å². The van der Waals surface area contributed by atoms with Crippen LogP contribution in [0, 0.1) is 17.1 Å². The van der Waals surface area contributed by atoms with Crippen LogP contribution in [-0.2, 0) is 6.18 Å². The lowest BCUT2D eigenvalue weighted by Crippen LogP contribution is -2.08. The van der Waals surface area contributed by atoms with Crippen LogP contribution in [0.1, 0.15) is 22.5 Å². The minimum atomic E-state index is -4.86. The molecule has 0 unspecified atom stereocenters. The molecule has 0 aliphatic carbocycles. The summed E-state index contributed by atoms with van der Waals surface area (Å²) >= 11 is 0. The zero-order valence-electron chi connectivity index (χ0n) is 9.31. The molecule has 0 aliphatic rings. The summed E-state index contributed by atoms with van der Waals surface area (Å²) in [5, 5.41) is 7.95. The summed E-state index contributed by atoms with van der Waals surface area (Å²) in [5.74, 6) is -2.05. The minimum absolute atomic E-state index is 0.00462. The normalized spacial score (nSPS) is 11.5. The van der Waals surface area contributed by atoms with E-state index in [1.165, 1.54) is 0 Å². The molecular weight excluding hydrogens is 264 g/mol. The van der Waals surface area contributed by atoms with Crippen LogP contribution in [0.3, 0.4) is 0 Å². The fourth-order valence-corrected chi connectivity index (χ4v) is 1.78. The van der Waals surface area contributed by atoms with Crippen LogP contribution in [0.15, 0.2) is 18.2 Å². The number of nitriles is 1. The summed E-state index contributed by atoms with van der Waals surface area (Å²) < 4.78 is 51.5. The topological polar surface area (TPSA) is 56.6 Å². The van der Waals surface area contributed by atoms with Crippen molar-refractivity contribution in [2.45, 2.75) is 12.6 Å². The number of fused-ring (bicyclic) bond motifs is 1. The van der Waals surface area contributed by atoms with Gasteiger partial charge in [0, 0.05) is 10.9 Å². The lowest BCUT2D eigenvalue weighted by atomic mass is 10.1.